The minimum absolute atomic E-state index is 0.230. The second-order valence-electron chi connectivity index (χ2n) is 6.41. The van der Waals surface area contributed by atoms with Crippen LogP contribution in [0, 0.1) is 0 Å². The van der Waals surface area contributed by atoms with Crippen LogP contribution in [0.3, 0.4) is 0 Å². The quantitative estimate of drug-likeness (QED) is 0.742. The van der Waals surface area contributed by atoms with Crippen LogP contribution >= 0.6 is 0 Å². The van der Waals surface area contributed by atoms with Gasteiger partial charge in [-0.1, -0.05) is 25.0 Å². The first kappa shape index (κ1) is 16.3. The van der Waals surface area contributed by atoms with E-state index >= 15 is 0 Å². The fourth-order valence-corrected chi connectivity index (χ4v) is 3.02. The molecule has 0 radical (unpaired) electrons. The van der Waals surface area contributed by atoms with Crippen molar-refractivity contribution in [2.75, 3.05) is 20.1 Å². The molecule has 0 unspecified atom stereocenters. The number of hydrogen-bond acceptors (Lipinski definition) is 3. The predicted octanol–water partition coefficient (Wildman–Crippen LogP) is 3.44. The molecule has 0 heterocycles. The van der Waals surface area contributed by atoms with E-state index in [1.165, 1.54) is 31.2 Å². The Balaban J connectivity index is 1.68. The first-order chi connectivity index (χ1) is 10.1. The van der Waals surface area contributed by atoms with E-state index in [1.54, 1.807) is 0 Å². The molecule has 0 aliphatic heterocycles. The molecule has 2 rings (SSSR count). The van der Waals surface area contributed by atoms with Crippen LogP contribution < -0.4 is 10.1 Å². The molecule has 1 fully saturated rings. The molecule has 3 heteroatoms. The molecule has 1 aliphatic rings. The van der Waals surface area contributed by atoms with E-state index in [0.29, 0.717) is 0 Å². The number of rotatable bonds is 8. The minimum Gasteiger partial charge on any atom is -0.491 e. The Morgan fingerprint density at radius 2 is 2.05 bits per heavy atom. The zero-order valence-corrected chi connectivity index (χ0v) is 13.8. The molecule has 1 N–H and O–H groups in total. The SMILES string of the molecule is CC(C)Oc1cccc(CNCCN(C)C2CCCC2)c1. The zero-order chi connectivity index (χ0) is 15.1. The predicted molar refractivity (Wildman–Crippen MR) is 88.8 cm³/mol. The van der Waals surface area contributed by atoms with E-state index in [1.807, 2.05) is 6.07 Å². The lowest BCUT2D eigenvalue weighted by molar-refractivity contribution is 0.241. The lowest BCUT2D eigenvalue weighted by Crippen LogP contribution is -2.35. The third kappa shape index (κ3) is 5.68. The van der Waals surface area contributed by atoms with Crippen LogP contribution in [0.15, 0.2) is 24.3 Å². The van der Waals surface area contributed by atoms with Crippen LogP contribution in [0.2, 0.25) is 0 Å². The number of nitrogens with zero attached hydrogens (tertiary/aromatic N) is 1. The van der Waals surface area contributed by atoms with E-state index < -0.39 is 0 Å². The molecule has 1 aromatic carbocycles. The summed E-state index contributed by atoms with van der Waals surface area (Å²) in [6.45, 7) is 7.20. The maximum atomic E-state index is 5.73. The largest absolute Gasteiger partial charge is 0.491 e. The van der Waals surface area contributed by atoms with Crippen molar-refractivity contribution in [3.63, 3.8) is 0 Å². The van der Waals surface area contributed by atoms with Gasteiger partial charge in [-0.2, -0.15) is 0 Å². The molecule has 0 amide bonds. The molecule has 0 aromatic heterocycles. The van der Waals surface area contributed by atoms with Crippen LogP contribution in [0.1, 0.15) is 45.1 Å². The third-order valence-electron chi connectivity index (χ3n) is 4.19. The summed E-state index contributed by atoms with van der Waals surface area (Å²) in [6, 6.07) is 9.19. The van der Waals surface area contributed by atoms with Crippen molar-refractivity contribution in [1.29, 1.82) is 0 Å². The highest BCUT2D eigenvalue weighted by Gasteiger charge is 2.18. The highest BCUT2D eigenvalue weighted by molar-refractivity contribution is 5.28. The van der Waals surface area contributed by atoms with Crippen molar-refractivity contribution in [3.8, 4) is 5.75 Å². The molecular weight excluding hydrogens is 260 g/mol. The maximum absolute atomic E-state index is 5.73. The average Bonchev–Trinajstić information content (AvgIpc) is 2.97. The number of benzene rings is 1. The summed E-state index contributed by atoms with van der Waals surface area (Å²) in [7, 11) is 2.26. The van der Waals surface area contributed by atoms with E-state index in [4.69, 9.17) is 4.74 Å². The molecule has 1 saturated carbocycles. The average molecular weight is 290 g/mol. The van der Waals surface area contributed by atoms with Gasteiger partial charge in [0.1, 0.15) is 5.75 Å². The molecule has 1 aromatic rings. The van der Waals surface area contributed by atoms with Crippen molar-refractivity contribution in [1.82, 2.24) is 10.2 Å². The Morgan fingerprint density at radius 3 is 2.76 bits per heavy atom. The van der Waals surface area contributed by atoms with Crippen LogP contribution in [0.4, 0.5) is 0 Å². The van der Waals surface area contributed by atoms with Crippen molar-refractivity contribution in [2.24, 2.45) is 0 Å². The Kier molecular flexibility index (Phi) is 6.52. The van der Waals surface area contributed by atoms with E-state index in [0.717, 1.165) is 31.4 Å². The summed E-state index contributed by atoms with van der Waals surface area (Å²) in [5.74, 6) is 0.965. The molecule has 0 spiro atoms. The highest BCUT2D eigenvalue weighted by Crippen LogP contribution is 2.21. The standard InChI is InChI=1S/C18H30N2O/c1-15(2)21-18-10-6-7-16(13-18)14-19-11-12-20(3)17-8-4-5-9-17/h6-7,10,13,15,17,19H,4-5,8-9,11-12,14H2,1-3H3. The molecule has 3 nitrogen and oxygen atoms in total. The molecule has 0 saturated heterocycles. The van der Waals surface area contributed by atoms with Crippen LogP contribution in [-0.4, -0.2) is 37.2 Å². The molecule has 0 bridgehead atoms. The van der Waals surface area contributed by atoms with Crippen LogP contribution in [0.25, 0.3) is 0 Å². The second kappa shape index (κ2) is 8.40. The van der Waals surface area contributed by atoms with Crippen LogP contribution in [0.5, 0.6) is 5.75 Å². The molecule has 118 valence electrons. The van der Waals surface area contributed by atoms with Gasteiger partial charge >= 0.3 is 0 Å². The summed E-state index contributed by atoms with van der Waals surface area (Å²) >= 11 is 0. The van der Waals surface area contributed by atoms with Gasteiger partial charge in [0, 0.05) is 25.7 Å². The zero-order valence-electron chi connectivity index (χ0n) is 13.8. The molecular formula is C18H30N2O. The number of likely N-dealkylation sites (N-methyl/N-ethyl adjacent to an activating group) is 1. The van der Waals surface area contributed by atoms with E-state index in [-0.39, 0.29) is 6.10 Å². The first-order valence-electron chi connectivity index (χ1n) is 8.31. The maximum Gasteiger partial charge on any atom is 0.120 e. The Bertz CT molecular complexity index is 413. The Morgan fingerprint density at radius 1 is 1.29 bits per heavy atom. The van der Waals surface area contributed by atoms with Crippen molar-refractivity contribution in [3.05, 3.63) is 29.8 Å². The van der Waals surface area contributed by atoms with Gasteiger partial charge in [0.15, 0.2) is 0 Å². The summed E-state index contributed by atoms with van der Waals surface area (Å²) in [5, 5.41) is 3.54. The van der Waals surface area contributed by atoms with Gasteiger partial charge in [-0.05, 0) is 51.4 Å². The normalized spacial score (nSPS) is 16.0. The molecule has 0 atom stereocenters. The highest BCUT2D eigenvalue weighted by atomic mass is 16.5. The Labute approximate surface area is 129 Å². The van der Waals surface area contributed by atoms with Crippen molar-refractivity contribution in [2.45, 2.75) is 58.2 Å². The first-order valence-corrected chi connectivity index (χ1v) is 8.31. The van der Waals surface area contributed by atoms with Gasteiger partial charge in [-0.15, -0.1) is 0 Å². The summed E-state index contributed by atoms with van der Waals surface area (Å²) in [5.41, 5.74) is 1.29. The van der Waals surface area contributed by atoms with E-state index in [2.05, 4.69) is 49.3 Å². The molecule has 21 heavy (non-hydrogen) atoms. The Hall–Kier alpha value is -1.06. The molecule has 1 aliphatic carbocycles. The lowest BCUT2D eigenvalue weighted by Gasteiger charge is -2.24. The topological polar surface area (TPSA) is 24.5 Å². The summed E-state index contributed by atoms with van der Waals surface area (Å²) in [4.78, 5) is 2.51. The van der Waals surface area contributed by atoms with Crippen LogP contribution in [-0.2, 0) is 6.54 Å². The number of nitrogens with one attached hydrogen (secondary N) is 1. The monoisotopic (exact) mass is 290 g/mol. The minimum atomic E-state index is 0.230. The lowest BCUT2D eigenvalue weighted by atomic mass is 10.2. The summed E-state index contributed by atoms with van der Waals surface area (Å²) < 4.78 is 5.73. The fraction of sp³-hybridized carbons (Fsp3) is 0.667. The number of hydrogen-bond donors (Lipinski definition) is 1. The van der Waals surface area contributed by atoms with Gasteiger partial charge in [-0.25, -0.2) is 0 Å². The number of ether oxygens (including phenoxy) is 1. The van der Waals surface area contributed by atoms with Gasteiger partial charge in [0.05, 0.1) is 6.10 Å². The smallest absolute Gasteiger partial charge is 0.120 e. The van der Waals surface area contributed by atoms with Gasteiger partial charge in [0.25, 0.3) is 0 Å². The van der Waals surface area contributed by atoms with E-state index in [9.17, 15) is 0 Å². The van der Waals surface area contributed by atoms with Crippen molar-refractivity contribution >= 4 is 0 Å². The van der Waals surface area contributed by atoms with Gasteiger partial charge in [-0.3, -0.25) is 0 Å². The van der Waals surface area contributed by atoms with Gasteiger partial charge in [0.2, 0.25) is 0 Å². The van der Waals surface area contributed by atoms with Crippen molar-refractivity contribution < 1.29 is 4.74 Å². The van der Waals surface area contributed by atoms with Gasteiger partial charge < -0.3 is 15.0 Å². The summed E-state index contributed by atoms with van der Waals surface area (Å²) in [6.07, 6.45) is 5.81. The third-order valence-corrected chi connectivity index (χ3v) is 4.19. The second-order valence-corrected chi connectivity index (χ2v) is 6.41. The fourth-order valence-electron chi connectivity index (χ4n) is 3.02.